The van der Waals surface area contributed by atoms with Gasteiger partial charge in [-0.3, -0.25) is 4.79 Å². The zero-order valence-corrected chi connectivity index (χ0v) is 13.2. The number of hydrogen-bond donors (Lipinski definition) is 0. The van der Waals surface area contributed by atoms with Crippen LogP contribution in [-0.4, -0.2) is 20.0 Å². The lowest BCUT2D eigenvalue weighted by atomic mass is 10.1. The molecule has 0 amide bonds. The van der Waals surface area contributed by atoms with Gasteiger partial charge in [-0.1, -0.05) is 0 Å². The third kappa shape index (κ3) is 3.80. The second-order valence-electron chi connectivity index (χ2n) is 4.63. The van der Waals surface area contributed by atoms with E-state index in [0.29, 0.717) is 12.2 Å². The minimum absolute atomic E-state index is 0.0252. The van der Waals surface area contributed by atoms with Crippen LogP contribution in [0.1, 0.15) is 26.4 Å². The number of thiophene rings is 1. The second kappa shape index (κ2) is 7.20. The summed E-state index contributed by atoms with van der Waals surface area (Å²) in [7, 11) is 3.23. The fourth-order valence-corrected chi connectivity index (χ4v) is 2.82. The summed E-state index contributed by atoms with van der Waals surface area (Å²) in [5, 5.41) is 2.02. The summed E-state index contributed by atoms with van der Waals surface area (Å²) in [6.45, 7) is 2.45. The number of carbonyl (C=O) groups excluding carboxylic acids is 1. The molecule has 3 nitrogen and oxygen atoms in total. The van der Waals surface area contributed by atoms with Gasteiger partial charge < -0.3 is 9.47 Å². The van der Waals surface area contributed by atoms with Crippen molar-refractivity contribution in [2.24, 2.45) is 0 Å². The maximum absolute atomic E-state index is 12.2. The highest BCUT2D eigenvalue weighted by molar-refractivity contribution is 7.11. The van der Waals surface area contributed by atoms with Crippen molar-refractivity contribution in [3.05, 3.63) is 57.3 Å². The Bertz CT molecular complexity index is 656. The zero-order valence-electron chi connectivity index (χ0n) is 12.4. The van der Waals surface area contributed by atoms with Crippen molar-refractivity contribution in [2.75, 3.05) is 14.2 Å². The standard InChI is InChI=1S/C17H18O3S/c1-12-8-9-21-17(12)7-5-15(18)13-4-6-16(20-3)14(10-13)11-19-2/h4-10H,11H2,1-3H3/b7-5+. The minimum Gasteiger partial charge on any atom is -0.496 e. The topological polar surface area (TPSA) is 35.5 Å². The summed E-state index contributed by atoms with van der Waals surface area (Å²) in [6.07, 6.45) is 3.47. The van der Waals surface area contributed by atoms with E-state index in [1.807, 2.05) is 30.5 Å². The predicted molar refractivity (Wildman–Crippen MR) is 86.1 cm³/mol. The number of aryl methyl sites for hydroxylation is 1. The number of methoxy groups -OCH3 is 2. The van der Waals surface area contributed by atoms with Crippen molar-refractivity contribution in [2.45, 2.75) is 13.5 Å². The molecule has 21 heavy (non-hydrogen) atoms. The van der Waals surface area contributed by atoms with E-state index >= 15 is 0 Å². The van der Waals surface area contributed by atoms with E-state index in [1.54, 1.807) is 43.8 Å². The Labute approximate surface area is 128 Å². The SMILES string of the molecule is COCc1cc(C(=O)/C=C/c2sccc2C)ccc1OC. The van der Waals surface area contributed by atoms with E-state index in [4.69, 9.17) is 9.47 Å². The van der Waals surface area contributed by atoms with Crippen molar-refractivity contribution in [1.29, 1.82) is 0 Å². The Balaban J connectivity index is 2.21. The molecule has 0 N–H and O–H groups in total. The molecule has 0 fully saturated rings. The van der Waals surface area contributed by atoms with Crippen molar-refractivity contribution >= 4 is 23.2 Å². The number of benzene rings is 1. The van der Waals surface area contributed by atoms with Crippen LogP contribution < -0.4 is 4.74 Å². The van der Waals surface area contributed by atoms with Gasteiger partial charge in [0, 0.05) is 23.1 Å². The van der Waals surface area contributed by atoms with Gasteiger partial charge in [0.15, 0.2) is 5.78 Å². The molecule has 110 valence electrons. The van der Waals surface area contributed by atoms with Crippen LogP contribution in [0.4, 0.5) is 0 Å². The van der Waals surface area contributed by atoms with Crippen LogP contribution in [0.15, 0.2) is 35.7 Å². The molecule has 0 unspecified atom stereocenters. The summed E-state index contributed by atoms with van der Waals surface area (Å²) in [6, 6.07) is 7.42. The lowest BCUT2D eigenvalue weighted by Gasteiger charge is -2.08. The molecule has 2 aromatic rings. The number of hydrogen-bond acceptors (Lipinski definition) is 4. The zero-order chi connectivity index (χ0) is 15.2. The van der Waals surface area contributed by atoms with Gasteiger partial charge in [-0.25, -0.2) is 0 Å². The second-order valence-corrected chi connectivity index (χ2v) is 5.57. The normalized spacial score (nSPS) is 11.0. The van der Waals surface area contributed by atoms with E-state index < -0.39 is 0 Å². The lowest BCUT2D eigenvalue weighted by molar-refractivity contribution is 0.104. The fourth-order valence-electron chi connectivity index (χ4n) is 2.00. The van der Waals surface area contributed by atoms with Crippen LogP contribution >= 0.6 is 11.3 Å². The van der Waals surface area contributed by atoms with Gasteiger partial charge in [0.05, 0.1) is 13.7 Å². The van der Waals surface area contributed by atoms with Gasteiger partial charge >= 0.3 is 0 Å². The molecular weight excluding hydrogens is 284 g/mol. The molecule has 1 aromatic heterocycles. The first-order valence-corrected chi connectivity index (χ1v) is 7.46. The molecular formula is C17H18O3S. The molecule has 0 atom stereocenters. The maximum atomic E-state index is 12.2. The van der Waals surface area contributed by atoms with Crippen LogP contribution in [0.2, 0.25) is 0 Å². The summed E-state index contributed by atoms with van der Waals surface area (Å²) in [5.74, 6) is 0.703. The maximum Gasteiger partial charge on any atom is 0.185 e. The molecule has 1 aromatic carbocycles. The van der Waals surface area contributed by atoms with Crippen molar-refractivity contribution < 1.29 is 14.3 Å². The number of allylic oxidation sites excluding steroid dienone is 1. The molecule has 2 rings (SSSR count). The third-order valence-electron chi connectivity index (χ3n) is 3.15. The van der Waals surface area contributed by atoms with Crippen LogP contribution in [0, 0.1) is 6.92 Å². The molecule has 0 aliphatic rings. The molecule has 0 radical (unpaired) electrons. The number of ketones is 1. The Morgan fingerprint density at radius 3 is 2.71 bits per heavy atom. The minimum atomic E-state index is -0.0252. The molecule has 0 saturated heterocycles. The Hall–Kier alpha value is -1.91. The Morgan fingerprint density at radius 2 is 2.10 bits per heavy atom. The van der Waals surface area contributed by atoms with Gasteiger partial charge in [0.1, 0.15) is 5.75 Å². The van der Waals surface area contributed by atoms with Gasteiger partial charge in [-0.2, -0.15) is 0 Å². The summed E-state index contributed by atoms with van der Waals surface area (Å²) in [4.78, 5) is 13.3. The summed E-state index contributed by atoms with van der Waals surface area (Å²) in [5.41, 5.74) is 2.68. The monoisotopic (exact) mass is 302 g/mol. The molecule has 0 aliphatic carbocycles. The smallest absolute Gasteiger partial charge is 0.185 e. The average molecular weight is 302 g/mol. The third-order valence-corrected chi connectivity index (χ3v) is 4.14. The van der Waals surface area contributed by atoms with Gasteiger partial charge in [-0.15, -0.1) is 11.3 Å². The molecule has 4 heteroatoms. The molecule has 0 saturated carbocycles. The van der Waals surface area contributed by atoms with E-state index in [-0.39, 0.29) is 5.78 Å². The molecule has 0 aliphatic heterocycles. The van der Waals surface area contributed by atoms with Crippen LogP contribution in [0.25, 0.3) is 6.08 Å². The largest absolute Gasteiger partial charge is 0.496 e. The van der Waals surface area contributed by atoms with Crippen molar-refractivity contribution in [1.82, 2.24) is 0 Å². The number of carbonyl (C=O) groups is 1. The highest BCUT2D eigenvalue weighted by Crippen LogP contribution is 2.22. The molecule has 0 bridgehead atoms. The van der Waals surface area contributed by atoms with Crippen LogP contribution in [0.3, 0.4) is 0 Å². The van der Waals surface area contributed by atoms with E-state index in [2.05, 4.69) is 0 Å². The predicted octanol–water partition coefficient (Wildman–Crippen LogP) is 4.11. The Morgan fingerprint density at radius 1 is 1.29 bits per heavy atom. The summed E-state index contributed by atoms with van der Waals surface area (Å²) >= 11 is 1.63. The quantitative estimate of drug-likeness (QED) is 0.595. The summed E-state index contributed by atoms with van der Waals surface area (Å²) < 4.78 is 10.4. The highest BCUT2D eigenvalue weighted by atomic mass is 32.1. The average Bonchev–Trinajstić information content (AvgIpc) is 2.90. The van der Waals surface area contributed by atoms with Gasteiger partial charge in [-0.05, 0) is 54.3 Å². The molecule has 1 heterocycles. The number of rotatable bonds is 6. The number of ether oxygens (including phenoxy) is 2. The van der Waals surface area contributed by atoms with Crippen molar-refractivity contribution in [3.63, 3.8) is 0 Å². The van der Waals surface area contributed by atoms with E-state index in [9.17, 15) is 4.79 Å². The van der Waals surface area contributed by atoms with Crippen LogP contribution in [-0.2, 0) is 11.3 Å². The Kier molecular flexibility index (Phi) is 5.31. The van der Waals surface area contributed by atoms with E-state index in [1.165, 1.54) is 5.56 Å². The first kappa shape index (κ1) is 15.5. The lowest BCUT2D eigenvalue weighted by Crippen LogP contribution is -1.99. The van der Waals surface area contributed by atoms with Gasteiger partial charge in [0.2, 0.25) is 0 Å². The fraction of sp³-hybridized carbons (Fsp3) is 0.235. The van der Waals surface area contributed by atoms with E-state index in [0.717, 1.165) is 16.2 Å². The van der Waals surface area contributed by atoms with Crippen LogP contribution in [0.5, 0.6) is 5.75 Å². The highest BCUT2D eigenvalue weighted by Gasteiger charge is 2.08. The van der Waals surface area contributed by atoms with Gasteiger partial charge in [0.25, 0.3) is 0 Å². The first-order chi connectivity index (χ1) is 10.2. The molecule has 0 spiro atoms. The first-order valence-electron chi connectivity index (χ1n) is 6.58. The van der Waals surface area contributed by atoms with Crippen molar-refractivity contribution in [3.8, 4) is 5.75 Å².